The highest BCUT2D eigenvalue weighted by Crippen LogP contribution is 2.24. The van der Waals surface area contributed by atoms with E-state index in [-0.39, 0.29) is 5.97 Å². The Morgan fingerprint density at radius 1 is 0.575 bits per heavy atom. The molecular formula is C38H60O2. The fourth-order valence-electron chi connectivity index (χ4n) is 4.80. The summed E-state index contributed by atoms with van der Waals surface area (Å²) in [5, 5.41) is 0. The normalized spacial score (nSPS) is 11.4. The van der Waals surface area contributed by atoms with E-state index >= 15 is 0 Å². The smallest absolute Gasteiger partial charge is 0.308 e. The minimum absolute atomic E-state index is 0.319. The third-order valence-electron chi connectivity index (χ3n) is 7.09. The maximum atomic E-state index is 11.5. The lowest BCUT2D eigenvalue weighted by Crippen LogP contribution is -2.03. The van der Waals surface area contributed by atoms with Crippen LogP contribution in [-0.4, -0.2) is 5.97 Å². The Balaban J connectivity index is 2.36. The molecule has 2 heteroatoms. The highest BCUT2D eigenvalue weighted by atomic mass is 16.5. The number of hydrogen-bond donors (Lipinski definition) is 0. The monoisotopic (exact) mass is 548 g/mol. The van der Waals surface area contributed by atoms with Gasteiger partial charge >= 0.3 is 5.97 Å². The van der Waals surface area contributed by atoms with Crippen LogP contribution in [0.1, 0.15) is 175 Å². The highest BCUT2D eigenvalue weighted by Gasteiger charge is 2.09. The molecule has 1 aromatic rings. The summed E-state index contributed by atoms with van der Waals surface area (Å²) in [4.78, 5) is 11.5. The summed E-state index contributed by atoms with van der Waals surface area (Å²) in [6.07, 6.45) is 22.6. The minimum atomic E-state index is -0.319. The van der Waals surface area contributed by atoms with Crippen molar-refractivity contribution in [2.45, 2.75) is 164 Å². The Bertz CT molecular complexity index is 881. The van der Waals surface area contributed by atoms with E-state index in [4.69, 9.17) is 4.74 Å². The molecule has 224 valence electrons. The molecule has 0 heterocycles. The van der Waals surface area contributed by atoms with Crippen molar-refractivity contribution in [3.05, 3.63) is 29.3 Å². The molecule has 2 nitrogen and oxygen atoms in total. The molecule has 0 N–H and O–H groups in total. The summed E-state index contributed by atoms with van der Waals surface area (Å²) in [6.45, 7) is 15.4. The number of rotatable bonds is 17. The van der Waals surface area contributed by atoms with Crippen molar-refractivity contribution in [3.63, 3.8) is 0 Å². The number of benzene rings is 1. The quantitative estimate of drug-likeness (QED) is 0.0837. The summed E-state index contributed by atoms with van der Waals surface area (Å²) in [5.74, 6) is 13.4. The zero-order chi connectivity index (χ0) is 29.7. The second-order valence-corrected chi connectivity index (χ2v) is 14.0. The first-order chi connectivity index (χ1) is 18.9. The zero-order valence-corrected chi connectivity index (χ0v) is 27.3. The molecule has 1 rings (SSSR count). The van der Waals surface area contributed by atoms with Crippen molar-refractivity contribution in [1.29, 1.82) is 0 Å². The Morgan fingerprint density at radius 2 is 0.925 bits per heavy atom. The van der Waals surface area contributed by atoms with Gasteiger partial charge in [-0.25, -0.2) is 0 Å². The standard InChI is InChI=1S/C38H60O2/c1-33(39)40-36-31-34(26-22-18-14-10-8-12-16-20-24-28-37(2,3)4)30-35(32-36)27-23-19-15-11-9-13-17-21-25-29-38(5,6)7/h30-32H,8-21,24-25,28-29H2,1-7H3. The summed E-state index contributed by atoms with van der Waals surface area (Å²) in [5.41, 5.74) is 2.67. The molecule has 0 aliphatic carbocycles. The van der Waals surface area contributed by atoms with E-state index in [1.54, 1.807) is 0 Å². The molecule has 0 aromatic heterocycles. The predicted octanol–water partition coefficient (Wildman–Crippen LogP) is 11.4. The Hall–Kier alpha value is -2.19. The van der Waals surface area contributed by atoms with Crippen LogP contribution in [-0.2, 0) is 4.79 Å². The molecule has 0 aliphatic heterocycles. The second kappa shape index (κ2) is 20.7. The number of hydrogen-bond acceptors (Lipinski definition) is 2. The molecule has 0 radical (unpaired) electrons. The third-order valence-corrected chi connectivity index (χ3v) is 7.09. The molecular weight excluding hydrogens is 488 g/mol. The summed E-state index contributed by atoms with van der Waals surface area (Å²) >= 11 is 0. The lowest BCUT2D eigenvalue weighted by atomic mass is 9.89. The molecule has 0 saturated heterocycles. The van der Waals surface area contributed by atoms with Crippen molar-refractivity contribution in [1.82, 2.24) is 0 Å². The van der Waals surface area contributed by atoms with Crippen LogP contribution in [0.2, 0.25) is 0 Å². The minimum Gasteiger partial charge on any atom is -0.427 e. The molecule has 0 unspecified atom stereocenters. The van der Waals surface area contributed by atoms with Gasteiger partial charge < -0.3 is 4.74 Å². The maximum absolute atomic E-state index is 11.5. The molecule has 0 aliphatic rings. The largest absolute Gasteiger partial charge is 0.427 e. The van der Waals surface area contributed by atoms with Gasteiger partial charge in [0.05, 0.1) is 0 Å². The van der Waals surface area contributed by atoms with E-state index in [0.717, 1.165) is 36.8 Å². The van der Waals surface area contributed by atoms with E-state index in [1.165, 1.54) is 96.8 Å². The van der Waals surface area contributed by atoms with Gasteiger partial charge in [0.25, 0.3) is 0 Å². The van der Waals surface area contributed by atoms with E-state index in [1.807, 2.05) is 18.2 Å². The van der Waals surface area contributed by atoms with Crippen LogP contribution in [0.4, 0.5) is 0 Å². The van der Waals surface area contributed by atoms with Gasteiger partial charge in [-0.05, 0) is 54.7 Å². The fourth-order valence-corrected chi connectivity index (χ4v) is 4.80. The van der Waals surface area contributed by atoms with Gasteiger partial charge in [-0.3, -0.25) is 4.79 Å². The molecule has 0 saturated carbocycles. The van der Waals surface area contributed by atoms with Crippen molar-refractivity contribution in [2.24, 2.45) is 10.8 Å². The number of unbranched alkanes of at least 4 members (excludes halogenated alkanes) is 14. The highest BCUT2D eigenvalue weighted by molar-refractivity contribution is 5.69. The van der Waals surface area contributed by atoms with E-state index in [9.17, 15) is 4.79 Å². The van der Waals surface area contributed by atoms with E-state index in [0.29, 0.717) is 16.6 Å². The van der Waals surface area contributed by atoms with E-state index < -0.39 is 0 Å². The first-order valence-electron chi connectivity index (χ1n) is 16.3. The molecule has 0 bridgehead atoms. The first-order valence-corrected chi connectivity index (χ1v) is 16.3. The molecule has 0 fully saturated rings. The van der Waals surface area contributed by atoms with Gasteiger partial charge in [0.15, 0.2) is 0 Å². The number of ether oxygens (including phenoxy) is 1. The summed E-state index contributed by atoms with van der Waals surface area (Å²) < 4.78 is 5.36. The average Bonchev–Trinajstić information content (AvgIpc) is 2.84. The van der Waals surface area contributed by atoms with Crippen molar-refractivity contribution in [2.75, 3.05) is 0 Å². The zero-order valence-electron chi connectivity index (χ0n) is 27.3. The van der Waals surface area contributed by atoms with Crippen LogP contribution in [0.25, 0.3) is 0 Å². The second-order valence-electron chi connectivity index (χ2n) is 14.0. The van der Waals surface area contributed by atoms with Crippen LogP contribution in [0, 0.1) is 34.5 Å². The SMILES string of the molecule is CC(=O)Oc1cc(C#CCCCCCCCCCC(C)(C)C)cc(C#CCCCCCCCCCC(C)(C)C)c1. The number of carbonyl (C=O) groups is 1. The van der Waals surface area contributed by atoms with Crippen LogP contribution < -0.4 is 4.74 Å². The van der Waals surface area contributed by atoms with Gasteiger partial charge in [0, 0.05) is 30.9 Å². The summed E-state index contributed by atoms with van der Waals surface area (Å²) in [7, 11) is 0. The van der Waals surface area contributed by atoms with Crippen LogP contribution in [0.15, 0.2) is 18.2 Å². The van der Waals surface area contributed by atoms with Crippen molar-refractivity contribution >= 4 is 5.97 Å². The van der Waals surface area contributed by atoms with Gasteiger partial charge in [0.2, 0.25) is 0 Å². The van der Waals surface area contributed by atoms with Crippen LogP contribution in [0.5, 0.6) is 5.75 Å². The third kappa shape index (κ3) is 22.6. The maximum Gasteiger partial charge on any atom is 0.308 e. The average molecular weight is 549 g/mol. The lowest BCUT2D eigenvalue weighted by Gasteiger charge is -2.17. The van der Waals surface area contributed by atoms with Gasteiger partial charge in [-0.15, -0.1) is 0 Å². The Morgan fingerprint density at radius 3 is 1.27 bits per heavy atom. The topological polar surface area (TPSA) is 26.3 Å². The van der Waals surface area contributed by atoms with Gasteiger partial charge in [-0.1, -0.05) is 142 Å². The van der Waals surface area contributed by atoms with Crippen molar-refractivity contribution in [3.8, 4) is 29.4 Å². The van der Waals surface area contributed by atoms with Crippen molar-refractivity contribution < 1.29 is 9.53 Å². The molecule has 1 aromatic carbocycles. The molecule has 0 atom stereocenters. The lowest BCUT2D eigenvalue weighted by molar-refractivity contribution is -0.131. The molecule has 0 amide bonds. The van der Waals surface area contributed by atoms with Crippen LogP contribution in [0.3, 0.4) is 0 Å². The first kappa shape index (κ1) is 35.8. The number of esters is 1. The number of carbonyl (C=O) groups excluding carboxylic acids is 1. The van der Waals surface area contributed by atoms with E-state index in [2.05, 4.69) is 65.2 Å². The molecule has 0 spiro atoms. The van der Waals surface area contributed by atoms with Crippen LogP contribution >= 0.6 is 0 Å². The predicted molar refractivity (Wildman–Crippen MR) is 174 cm³/mol. The molecule has 40 heavy (non-hydrogen) atoms. The fraction of sp³-hybridized carbons (Fsp3) is 0.711. The Kier molecular flexibility index (Phi) is 18.5. The Labute approximate surface area is 248 Å². The van der Waals surface area contributed by atoms with Gasteiger partial charge in [0.1, 0.15) is 5.75 Å². The van der Waals surface area contributed by atoms with Gasteiger partial charge in [-0.2, -0.15) is 0 Å². The summed E-state index contributed by atoms with van der Waals surface area (Å²) in [6, 6.07) is 5.71.